The summed E-state index contributed by atoms with van der Waals surface area (Å²) in [6.07, 6.45) is -9.44. The van der Waals surface area contributed by atoms with Crippen molar-refractivity contribution in [3.05, 3.63) is 165 Å². The van der Waals surface area contributed by atoms with Crippen LogP contribution >= 0.6 is 0 Å². The number of nitrogen functional groups attached to an aromatic ring is 2. The molecule has 0 bridgehead atoms. The molecule has 0 atom stereocenters. The molecular formula is C51H50F6N2O2. The third-order valence-electron chi connectivity index (χ3n) is 11.6. The van der Waals surface area contributed by atoms with Gasteiger partial charge < -0.3 is 20.9 Å². The standard InChI is InChI=1S/C51H50F6N2O2/c1-27(2)37-21-31(22-38(28(3)4)47(37)60-45-19-17-33(58)25-43(45)50(52,53)54)49(41-15-11-9-13-35(41)36-14-10-12-16-42(36)49)32-23-39(29(5)6)48(40(24-32)30(7)8)61-46-20-18-34(59)26-44(46)51(55,56)57/h9-30H,58-59H2,1-8H3. The number of alkyl halides is 6. The van der Waals surface area contributed by atoms with Crippen LogP contribution in [0.4, 0.5) is 37.7 Å². The predicted octanol–water partition coefficient (Wildman–Crippen LogP) is 15.3. The second-order valence-corrected chi connectivity index (χ2v) is 17.1. The fourth-order valence-electron chi connectivity index (χ4n) is 8.69. The van der Waals surface area contributed by atoms with Crippen LogP contribution in [0.3, 0.4) is 0 Å². The van der Waals surface area contributed by atoms with Crippen LogP contribution in [-0.2, 0) is 17.8 Å². The van der Waals surface area contributed by atoms with Crippen LogP contribution in [0.15, 0.2) is 109 Å². The average molecular weight is 837 g/mol. The smallest absolute Gasteiger partial charge is 0.420 e. The van der Waals surface area contributed by atoms with Crippen LogP contribution in [-0.4, -0.2) is 0 Å². The highest BCUT2D eigenvalue weighted by Gasteiger charge is 2.48. The number of nitrogens with two attached hydrogens (primary N) is 2. The normalized spacial score (nSPS) is 13.6. The van der Waals surface area contributed by atoms with Crippen molar-refractivity contribution in [2.75, 3.05) is 11.5 Å². The van der Waals surface area contributed by atoms with E-state index >= 15 is 0 Å². The minimum absolute atomic E-state index is 0.0316. The van der Waals surface area contributed by atoms with Gasteiger partial charge in [-0.15, -0.1) is 0 Å². The van der Waals surface area contributed by atoms with Crippen LogP contribution in [0.25, 0.3) is 11.1 Å². The molecule has 0 aromatic heterocycles. The molecule has 10 heteroatoms. The maximum atomic E-state index is 14.5. The molecule has 1 aliphatic carbocycles. The zero-order chi connectivity index (χ0) is 44.3. The van der Waals surface area contributed by atoms with E-state index in [4.69, 9.17) is 20.9 Å². The minimum Gasteiger partial charge on any atom is -0.456 e. The van der Waals surface area contributed by atoms with Crippen molar-refractivity contribution >= 4 is 11.4 Å². The molecule has 0 amide bonds. The van der Waals surface area contributed by atoms with Crippen molar-refractivity contribution in [2.24, 2.45) is 0 Å². The van der Waals surface area contributed by atoms with E-state index < -0.39 is 28.9 Å². The largest absolute Gasteiger partial charge is 0.456 e. The SMILES string of the molecule is CC(C)c1cc(C2(c3cc(C(C)C)c(Oc4ccc(N)cc4C(F)(F)F)c(C(C)C)c3)c3ccccc3-c3ccccc32)cc(C(C)C)c1Oc1ccc(N)cc1C(F)(F)F. The Morgan fingerprint density at radius 2 is 0.754 bits per heavy atom. The van der Waals surface area contributed by atoms with Gasteiger partial charge in [0.05, 0.1) is 5.41 Å². The molecule has 0 aliphatic heterocycles. The molecule has 7 rings (SSSR count). The molecule has 6 aromatic carbocycles. The molecule has 61 heavy (non-hydrogen) atoms. The number of ether oxygens (including phenoxy) is 2. The van der Waals surface area contributed by atoms with Crippen LogP contribution in [0.5, 0.6) is 23.0 Å². The minimum atomic E-state index is -4.72. The molecule has 6 aromatic rings. The Morgan fingerprint density at radius 3 is 1.05 bits per heavy atom. The summed E-state index contributed by atoms with van der Waals surface area (Å²) in [5.41, 5.74) is 17.3. The number of rotatable bonds is 10. The second kappa shape index (κ2) is 15.9. The lowest BCUT2D eigenvalue weighted by Crippen LogP contribution is -2.30. The van der Waals surface area contributed by atoms with Gasteiger partial charge in [0.25, 0.3) is 0 Å². The summed E-state index contributed by atoms with van der Waals surface area (Å²) >= 11 is 0. The first-order valence-electron chi connectivity index (χ1n) is 20.5. The van der Waals surface area contributed by atoms with Crippen molar-refractivity contribution in [3.63, 3.8) is 0 Å². The summed E-state index contributed by atoms with van der Waals surface area (Å²) in [7, 11) is 0. The van der Waals surface area contributed by atoms with E-state index in [0.717, 1.165) is 45.5 Å². The lowest BCUT2D eigenvalue weighted by Gasteiger charge is -2.37. The third-order valence-corrected chi connectivity index (χ3v) is 11.6. The predicted molar refractivity (Wildman–Crippen MR) is 232 cm³/mol. The number of hydrogen-bond donors (Lipinski definition) is 2. The number of benzene rings is 6. The number of hydrogen-bond acceptors (Lipinski definition) is 4. The Labute approximate surface area is 353 Å². The van der Waals surface area contributed by atoms with E-state index in [2.05, 4.69) is 24.3 Å². The Balaban J connectivity index is 1.57. The van der Waals surface area contributed by atoms with Gasteiger partial charge >= 0.3 is 12.4 Å². The molecule has 0 heterocycles. The summed E-state index contributed by atoms with van der Waals surface area (Å²) < 4.78 is 99.5. The number of fused-ring (bicyclic) bond motifs is 3. The maximum Gasteiger partial charge on any atom is 0.420 e. The van der Waals surface area contributed by atoms with E-state index in [-0.39, 0.29) is 46.5 Å². The monoisotopic (exact) mass is 836 g/mol. The van der Waals surface area contributed by atoms with Crippen LogP contribution in [0.1, 0.15) is 135 Å². The molecule has 0 saturated carbocycles. The van der Waals surface area contributed by atoms with E-state index in [1.807, 2.05) is 104 Å². The highest BCUT2D eigenvalue weighted by atomic mass is 19.4. The molecule has 318 valence electrons. The quantitative estimate of drug-likeness (QED) is 0.106. The van der Waals surface area contributed by atoms with Gasteiger partial charge in [-0.3, -0.25) is 0 Å². The van der Waals surface area contributed by atoms with Gasteiger partial charge in [0.1, 0.15) is 34.1 Å². The first kappa shape index (κ1) is 43.2. The number of halogens is 6. The molecule has 1 aliphatic rings. The molecular weight excluding hydrogens is 787 g/mol. The van der Waals surface area contributed by atoms with Gasteiger partial charge in [0.15, 0.2) is 0 Å². The zero-order valence-corrected chi connectivity index (χ0v) is 35.4. The van der Waals surface area contributed by atoms with Gasteiger partial charge in [-0.2, -0.15) is 26.3 Å². The fraction of sp³-hybridized carbons (Fsp3) is 0.294. The molecule has 4 N–H and O–H groups in total. The van der Waals surface area contributed by atoms with E-state index in [1.54, 1.807) is 0 Å². The lowest BCUT2D eigenvalue weighted by molar-refractivity contribution is -0.139. The van der Waals surface area contributed by atoms with Crippen molar-refractivity contribution < 1.29 is 35.8 Å². The molecule has 0 spiro atoms. The Hall–Kier alpha value is -5.90. The van der Waals surface area contributed by atoms with Gasteiger partial charge in [0.2, 0.25) is 0 Å². The summed E-state index contributed by atoms with van der Waals surface area (Å²) in [6.45, 7) is 15.9. The Morgan fingerprint density at radius 1 is 0.443 bits per heavy atom. The van der Waals surface area contributed by atoms with Gasteiger partial charge in [-0.25, -0.2) is 0 Å². The highest BCUT2D eigenvalue weighted by Crippen LogP contribution is 2.59. The molecule has 0 radical (unpaired) electrons. The number of anilines is 2. The molecule has 4 nitrogen and oxygen atoms in total. The van der Waals surface area contributed by atoms with E-state index in [0.29, 0.717) is 33.8 Å². The van der Waals surface area contributed by atoms with E-state index in [1.165, 1.54) is 24.3 Å². The van der Waals surface area contributed by atoms with Crippen molar-refractivity contribution in [3.8, 4) is 34.1 Å². The van der Waals surface area contributed by atoms with Crippen molar-refractivity contribution in [2.45, 2.75) is 96.8 Å². The second-order valence-electron chi connectivity index (χ2n) is 17.1. The lowest BCUT2D eigenvalue weighted by atomic mass is 9.65. The van der Waals surface area contributed by atoms with Crippen molar-refractivity contribution in [1.29, 1.82) is 0 Å². The summed E-state index contributed by atoms with van der Waals surface area (Å²) in [5, 5.41) is 0. The summed E-state index contributed by atoms with van der Waals surface area (Å²) in [6, 6.07) is 31.6. The average Bonchev–Trinajstić information content (AvgIpc) is 3.49. The van der Waals surface area contributed by atoms with Gasteiger partial charge in [-0.05, 0) is 116 Å². The van der Waals surface area contributed by atoms with Gasteiger partial charge in [-0.1, -0.05) is 128 Å². The maximum absolute atomic E-state index is 14.5. The first-order chi connectivity index (χ1) is 28.6. The molecule has 0 saturated heterocycles. The van der Waals surface area contributed by atoms with Crippen LogP contribution < -0.4 is 20.9 Å². The summed E-state index contributed by atoms with van der Waals surface area (Å²) in [5.74, 6) is -0.803. The molecule has 0 fully saturated rings. The van der Waals surface area contributed by atoms with Crippen LogP contribution in [0.2, 0.25) is 0 Å². The first-order valence-corrected chi connectivity index (χ1v) is 20.5. The Kier molecular flexibility index (Phi) is 11.2. The zero-order valence-electron chi connectivity index (χ0n) is 35.4. The Bertz CT molecular complexity index is 2380. The summed E-state index contributed by atoms with van der Waals surface area (Å²) in [4.78, 5) is 0. The highest BCUT2D eigenvalue weighted by molar-refractivity contribution is 5.87. The van der Waals surface area contributed by atoms with E-state index in [9.17, 15) is 26.3 Å². The van der Waals surface area contributed by atoms with Crippen molar-refractivity contribution in [1.82, 2.24) is 0 Å². The van der Waals surface area contributed by atoms with Crippen LogP contribution in [0, 0.1) is 0 Å². The van der Waals surface area contributed by atoms with Gasteiger partial charge in [0, 0.05) is 11.4 Å². The molecule has 0 unspecified atom stereocenters. The third kappa shape index (κ3) is 7.70. The fourth-order valence-corrected chi connectivity index (χ4v) is 8.69. The topological polar surface area (TPSA) is 70.5 Å².